The molecule has 0 spiro atoms. The van der Waals surface area contributed by atoms with E-state index in [1.54, 1.807) is 0 Å². The molecular weight excluding hydrogens is 228 g/mol. The Morgan fingerprint density at radius 1 is 1.28 bits per heavy atom. The number of hydrogen-bond donors (Lipinski definition) is 2. The standard InChI is InChI=1S/C11H16N4O.C2H6/c1-2-3-4-5-8-10-11(14-7-13-8)15-9(16)6-12-10;1-2/h7,12H,2-6H2,1H3,(H,13,14,15,16);1-2H3. The molecule has 5 heteroatoms. The van der Waals surface area contributed by atoms with Crippen molar-refractivity contribution in [2.45, 2.75) is 46.5 Å². The number of nitrogens with one attached hydrogen (secondary N) is 2. The first-order chi connectivity index (χ1) is 8.81. The molecule has 1 aliphatic heterocycles. The van der Waals surface area contributed by atoms with Crippen LogP contribution in [0.15, 0.2) is 6.33 Å². The van der Waals surface area contributed by atoms with Crippen LogP contribution in [0.3, 0.4) is 0 Å². The van der Waals surface area contributed by atoms with Gasteiger partial charge in [0.15, 0.2) is 5.82 Å². The van der Waals surface area contributed by atoms with Crippen LogP contribution < -0.4 is 10.6 Å². The van der Waals surface area contributed by atoms with Crippen LogP contribution in [0.1, 0.15) is 45.7 Å². The lowest BCUT2D eigenvalue weighted by Gasteiger charge is -2.19. The summed E-state index contributed by atoms with van der Waals surface area (Å²) in [5, 5.41) is 5.81. The highest BCUT2D eigenvalue weighted by atomic mass is 16.2. The van der Waals surface area contributed by atoms with Gasteiger partial charge in [-0.15, -0.1) is 0 Å². The van der Waals surface area contributed by atoms with Crippen LogP contribution >= 0.6 is 0 Å². The fraction of sp³-hybridized carbons (Fsp3) is 0.615. The average molecular weight is 250 g/mol. The molecule has 1 aromatic heterocycles. The Morgan fingerprint density at radius 3 is 2.78 bits per heavy atom. The van der Waals surface area contributed by atoms with E-state index in [0.717, 1.165) is 24.2 Å². The highest BCUT2D eigenvalue weighted by molar-refractivity contribution is 5.99. The van der Waals surface area contributed by atoms with Gasteiger partial charge in [-0.1, -0.05) is 33.6 Å². The van der Waals surface area contributed by atoms with Crippen molar-refractivity contribution < 1.29 is 4.79 Å². The summed E-state index contributed by atoms with van der Waals surface area (Å²) in [6.45, 7) is 6.48. The number of aromatic nitrogens is 2. The predicted molar refractivity (Wildman–Crippen MR) is 73.7 cm³/mol. The van der Waals surface area contributed by atoms with E-state index >= 15 is 0 Å². The van der Waals surface area contributed by atoms with E-state index in [1.807, 2.05) is 13.8 Å². The van der Waals surface area contributed by atoms with Crippen molar-refractivity contribution in [2.75, 3.05) is 17.2 Å². The third-order valence-corrected chi connectivity index (χ3v) is 2.63. The molecule has 2 N–H and O–H groups in total. The number of amides is 1. The third kappa shape index (κ3) is 3.68. The van der Waals surface area contributed by atoms with Gasteiger partial charge in [0.05, 0.1) is 17.9 Å². The van der Waals surface area contributed by atoms with Crippen LogP contribution in [0.25, 0.3) is 0 Å². The summed E-state index contributed by atoms with van der Waals surface area (Å²) in [6, 6.07) is 0. The number of carbonyl (C=O) groups is 1. The summed E-state index contributed by atoms with van der Waals surface area (Å²) in [7, 11) is 0. The van der Waals surface area contributed by atoms with Crippen LogP contribution in [-0.4, -0.2) is 22.4 Å². The summed E-state index contributed by atoms with van der Waals surface area (Å²) >= 11 is 0. The molecule has 1 amide bonds. The van der Waals surface area contributed by atoms with Gasteiger partial charge in [0.2, 0.25) is 5.91 Å². The topological polar surface area (TPSA) is 66.9 Å². The maximum absolute atomic E-state index is 11.2. The maximum atomic E-state index is 11.2. The quantitative estimate of drug-likeness (QED) is 0.806. The van der Waals surface area contributed by atoms with E-state index in [2.05, 4.69) is 27.5 Å². The number of carbonyl (C=O) groups excluding carboxylic acids is 1. The first kappa shape index (κ1) is 14.4. The molecule has 0 aromatic carbocycles. The van der Waals surface area contributed by atoms with Crippen LogP contribution in [0, 0.1) is 0 Å². The monoisotopic (exact) mass is 250 g/mol. The lowest BCUT2D eigenvalue weighted by Crippen LogP contribution is -2.29. The van der Waals surface area contributed by atoms with Crippen molar-refractivity contribution in [3.8, 4) is 0 Å². The molecule has 0 aliphatic carbocycles. The number of hydrogen-bond acceptors (Lipinski definition) is 4. The molecular formula is C13H22N4O. The second-order valence-electron chi connectivity index (χ2n) is 3.90. The van der Waals surface area contributed by atoms with Gasteiger partial charge < -0.3 is 10.6 Å². The van der Waals surface area contributed by atoms with Gasteiger partial charge in [-0.3, -0.25) is 4.79 Å². The molecule has 0 bridgehead atoms. The summed E-state index contributed by atoms with van der Waals surface area (Å²) in [4.78, 5) is 19.5. The van der Waals surface area contributed by atoms with E-state index in [9.17, 15) is 4.79 Å². The van der Waals surface area contributed by atoms with Gasteiger partial charge in [-0.2, -0.15) is 0 Å². The van der Waals surface area contributed by atoms with E-state index < -0.39 is 0 Å². The highest BCUT2D eigenvalue weighted by Crippen LogP contribution is 2.25. The van der Waals surface area contributed by atoms with Crippen molar-refractivity contribution in [3.05, 3.63) is 12.0 Å². The van der Waals surface area contributed by atoms with Crippen molar-refractivity contribution in [3.63, 3.8) is 0 Å². The number of rotatable bonds is 4. The molecule has 0 saturated carbocycles. The van der Waals surface area contributed by atoms with E-state index in [-0.39, 0.29) is 5.91 Å². The summed E-state index contributed by atoms with van der Waals surface area (Å²) < 4.78 is 0. The first-order valence-corrected chi connectivity index (χ1v) is 6.69. The SMILES string of the molecule is CC.CCCCCc1ncnc2c1NCC(=O)N2. The Hall–Kier alpha value is -1.65. The minimum atomic E-state index is -0.0503. The summed E-state index contributed by atoms with van der Waals surface area (Å²) in [5.74, 6) is 0.559. The Labute approximate surface area is 108 Å². The first-order valence-electron chi connectivity index (χ1n) is 6.69. The number of fused-ring (bicyclic) bond motifs is 1. The van der Waals surface area contributed by atoms with Crippen molar-refractivity contribution in [1.82, 2.24) is 9.97 Å². The lowest BCUT2D eigenvalue weighted by molar-refractivity contribution is -0.114. The average Bonchev–Trinajstić information content (AvgIpc) is 2.41. The largest absolute Gasteiger partial charge is 0.372 e. The molecule has 0 atom stereocenters. The van der Waals surface area contributed by atoms with E-state index in [1.165, 1.54) is 19.2 Å². The van der Waals surface area contributed by atoms with Crippen molar-refractivity contribution in [1.29, 1.82) is 0 Å². The Morgan fingerprint density at radius 2 is 2.06 bits per heavy atom. The Balaban J connectivity index is 0.000000771. The Bertz CT molecular complexity index is 393. The van der Waals surface area contributed by atoms with Crippen LogP contribution in [0.2, 0.25) is 0 Å². The lowest BCUT2D eigenvalue weighted by atomic mass is 10.1. The molecule has 1 aliphatic rings. The van der Waals surface area contributed by atoms with Gasteiger partial charge in [-0.05, 0) is 12.8 Å². The zero-order chi connectivity index (χ0) is 13.4. The number of unbranched alkanes of at least 4 members (excludes halogenated alkanes) is 2. The fourth-order valence-electron chi connectivity index (χ4n) is 1.78. The fourth-order valence-corrected chi connectivity index (χ4v) is 1.78. The predicted octanol–water partition coefficient (Wildman–Crippen LogP) is 2.60. The number of anilines is 2. The summed E-state index contributed by atoms with van der Waals surface area (Å²) in [6.07, 6.45) is 5.95. The normalized spacial score (nSPS) is 12.7. The van der Waals surface area contributed by atoms with Gasteiger partial charge in [0, 0.05) is 0 Å². The minimum absolute atomic E-state index is 0.0503. The third-order valence-electron chi connectivity index (χ3n) is 2.63. The molecule has 0 radical (unpaired) electrons. The molecule has 100 valence electrons. The van der Waals surface area contributed by atoms with Gasteiger partial charge in [0.25, 0.3) is 0 Å². The maximum Gasteiger partial charge on any atom is 0.244 e. The molecule has 2 rings (SSSR count). The van der Waals surface area contributed by atoms with Gasteiger partial charge in [-0.25, -0.2) is 9.97 Å². The molecule has 0 unspecified atom stereocenters. The van der Waals surface area contributed by atoms with Crippen LogP contribution in [0.5, 0.6) is 0 Å². The summed E-state index contributed by atoms with van der Waals surface area (Å²) in [5.41, 5.74) is 1.89. The molecule has 0 fully saturated rings. The zero-order valence-electron chi connectivity index (χ0n) is 11.4. The number of aryl methyl sites for hydroxylation is 1. The molecule has 18 heavy (non-hydrogen) atoms. The highest BCUT2D eigenvalue weighted by Gasteiger charge is 2.18. The second kappa shape index (κ2) is 7.63. The van der Waals surface area contributed by atoms with Crippen LogP contribution in [-0.2, 0) is 11.2 Å². The van der Waals surface area contributed by atoms with E-state index in [0.29, 0.717) is 12.4 Å². The van der Waals surface area contributed by atoms with Gasteiger partial charge >= 0.3 is 0 Å². The molecule has 5 nitrogen and oxygen atoms in total. The van der Waals surface area contributed by atoms with Gasteiger partial charge in [0.1, 0.15) is 6.33 Å². The minimum Gasteiger partial charge on any atom is -0.372 e. The molecule has 0 saturated heterocycles. The van der Waals surface area contributed by atoms with Crippen molar-refractivity contribution >= 4 is 17.4 Å². The zero-order valence-corrected chi connectivity index (χ0v) is 11.4. The second-order valence-corrected chi connectivity index (χ2v) is 3.90. The molecule has 2 heterocycles. The number of nitrogens with zero attached hydrogens (tertiary/aromatic N) is 2. The Kier molecular flexibility index (Phi) is 6.11. The molecule has 1 aromatic rings. The van der Waals surface area contributed by atoms with Crippen molar-refractivity contribution in [2.24, 2.45) is 0 Å². The van der Waals surface area contributed by atoms with Crippen LogP contribution in [0.4, 0.5) is 11.5 Å². The smallest absolute Gasteiger partial charge is 0.244 e. The van der Waals surface area contributed by atoms with E-state index in [4.69, 9.17) is 0 Å².